The lowest BCUT2D eigenvalue weighted by Crippen LogP contribution is -2.39. The number of nitrogens with zero attached hydrogens (tertiary/aromatic N) is 3. The van der Waals surface area contributed by atoms with Crippen LogP contribution >= 0.6 is 0 Å². The molecule has 7 nitrogen and oxygen atoms in total. The standard InChI is InChI=1S/C21H28N4O3/c1-24-14-18(13-23-24)17-7-10-25(11-8-17)15-21(26)22-9-6-16-4-5-19(27-2)20(12-16)28-3/h4-5,7,12-14H,6,8-11,15H2,1-3H3,(H,22,26). The summed E-state index contributed by atoms with van der Waals surface area (Å²) in [6.45, 7) is 2.68. The van der Waals surface area contributed by atoms with Gasteiger partial charge in [0, 0.05) is 38.4 Å². The Balaban J connectivity index is 1.42. The van der Waals surface area contributed by atoms with E-state index in [2.05, 4.69) is 21.4 Å². The van der Waals surface area contributed by atoms with Gasteiger partial charge in [-0.2, -0.15) is 5.10 Å². The SMILES string of the molecule is COc1ccc(CCNC(=O)CN2CC=C(c3cnn(C)c3)CC2)cc1OC. The average molecular weight is 384 g/mol. The lowest BCUT2D eigenvalue weighted by molar-refractivity contribution is -0.122. The van der Waals surface area contributed by atoms with Gasteiger partial charge in [0.05, 0.1) is 27.0 Å². The fraction of sp³-hybridized carbons (Fsp3) is 0.429. The van der Waals surface area contributed by atoms with Gasteiger partial charge in [0.25, 0.3) is 0 Å². The molecule has 1 aromatic heterocycles. The molecule has 0 atom stereocenters. The van der Waals surface area contributed by atoms with Crippen LogP contribution in [0, 0.1) is 0 Å². The first-order valence-corrected chi connectivity index (χ1v) is 9.47. The molecular weight excluding hydrogens is 356 g/mol. The van der Waals surface area contributed by atoms with E-state index in [1.807, 2.05) is 42.3 Å². The van der Waals surface area contributed by atoms with Crippen molar-refractivity contribution in [3.8, 4) is 11.5 Å². The molecule has 1 aliphatic heterocycles. The maximum atomic E-state index is 12.2. The van der Waals surface area contributed by atoms with Gasteiger partial charge in [0.2, 0.25) is 5.91 Å². The second-order valence-electron chi connectivity index (χ2n) is 6.91. The molecule has 150 valence electrons. The maximum Gasteiger partial charge on any atom is 0.234 e. The van der Waals surface area contributed by atoms with Crippen LogP contribution in [0.1, 0.15) is 17.5 Å². The third-order valence-corrected chi connectivity index (χ3v) is 4.92. The van der Waals surface area contributed by atoms with E-state index in [9.17, 15) is 4.79 Å². The first-order valence-electron chi connectivity index (χ1n) is 9.47. The molecule has 2 heterocycles. The lowest BCUT2D eigenvalue weighted by atomic mass is 10.0. The van der Waals surface area contributed by atoms with Crippen LogP contribution in [0.2, 0.25) is 0 Å². The number of rotatable bonds is 8. The van der Waals surface area contributed by atoms with Gasteiger partial charge in [-0.3, -0.25) is 14.4 Å². The Morgan fingerprint density at radius 3 is 2.71 bits per heavy atom. The van der Waals surface area contributed by atoms with Crippen LogP contribution in [0.15, 0.2) is 36.7 Å². The van der Waals surface area contributed by atoms with Crippen molar-refractivity contribution in [3.63, 3.8) is 0 Å². The third kappa shape index (κ3) is 5.13. The van der Waals surface area contributed by atoms with Gasteiger partial charge in [-0.1, -0.05) is 12.1 Å². The van der Waals surface area contributed by atoms with Crippen molar-refractivity contribution in [3.05, 3.63) is 47.8 Å². The Hall–Kier alpha value is -2.80. The average Bonchev–Trinajstić information content (AvgIpc) is 3.14. The molecule has 2 aromatic rings. The molecule has 3 rings (SSSR count). The van der Waals surface area contributed by atoms with Crippen LogP contribution in [0.3, 0.4) is 0 Å². The molecule has 7 heteroatoms. The second-order valence-corrected chi connectivity index (χ2v) is 6.91. The lowest BCUT2D eigenvalue weighted by Gasteiger charge is -2.25. The highest BCUT2D eigenvalue weighted by Gasteiger charge is 2.16. The molecule has 1 N–H and O–H groups in total. The first-order chi connectivity index (χ1) is 13.6. The number of carbonyl (C=O) groups excluding carboxylic acids is 1. The molecule has 0 bridgehead atoms. The predicted molar refractivity (Wildman–Crippen MR) is 109 cm³/mol. The Bertz CT molecular complexity index is 844. The summed E-state index contributed by atoms with van der Waals surface area (Å²) in [6, 6.07) is 5.82. The topological polar surface area (TPSA) is 68.6 Å². The van der Waals surface area contributed by atoms with Crippen LogP contribution in [-0.2, 0) is 18.3 Å². The summed E-state index contributed by atoms with van der Waals surface area (Å²) < 4.78 is 12.4. The highest BCUT2D eigenvalue weighted by atomic mass is 16.5. The van der Waals surface area contributed by atoms with E-state index in [4.69, 9.17) is 9.47 Å². The van der Waals surface area contributed by atoms with E-state index < -0.39 is 0 Å². The van der Waals surface area contributed by atoms with Crippen LogP contribution < -0.4 is 14.8 Å². The number of methoxy groups -OCH3 is 2. The molecule has 0 saturated carbocycles. The third-order valence-electron chi connectivity index (χ3n) is 4.92. The van der Waals surface area contributed by atoms with Gasteiger partial charge < -0.3 is 14.8 Å². The molecule has 1 amide bonds. The van der Waals surface area contributed by atoms with Crippen LogP contribution in [0.5, 0.6) is 11.5 Å². The minimum absolute atomic E-state index is 0.0544. The van der Waals surface area contributed by atoms with Crippen molar-refractivity contribution in [1.29, 1.82) is 0 Å². The number of ether oxygens (including phenoxy) is 2. The summed E-state index contributed by atoms with van der Waals surface area (Å²) in [7, 11) is 5.16. The molecule has 0 fully saturated rings. The molecule has 0 saturated heterocycles. The summed E-state index contributed by atoms with van der Waals surface area (Å²) in [5.41, 5.74) is 3.57. The minimum atomic E-state index is 0.0544. The van der Waals surface area contributed by atoms with Crippen LogP contribution in [-0.4, -0.2) is 61.0 Å². The number of hydrogen-bond acceptors (Lipinski definition) is 5. The molecular formula is C21H28N4O3. The van der Waals surface area contributed by atoms with Crippen molar-refractivity contribution in [1.82, 2.24) is 20.0 Å². The quantitative estimate of drug-likeness (QED) is 0.753. The second kappa shape index (κ2) is 9.41. The maximum absolute atomic E-state index is 12.2. The van der Waals surface area contributed by atoms with Gasteiger partial charge in [-0.25, -0.2) is 0 Å². The van der Waals surface area contributed by atoms with Gasteiger partial charge >= 0.3 is 0 Å². The fourth-order valence-electron chi connectivity index (χ4n) is 3.35. The van der Waals surface area contributed by atoms with E-state index in [1.54, 1.807) is 14.2 Å². The molecule has 0 aliphatic carbocycles. The number of amides is 1. The normalized spacial score (nSPS) is 14.5. The van der Waals surface area contributed by atoms with E-state index in [1.165, 1.54) is 11.1 Å². The van der Waals surface area contributed by atoms with Crippen molar-refractivity contribution < 1.29 is 14.3 Å². The van der Waals surface area contributed by atoms with Crippen molar-refractivity contribution >= 4 is 11.5 Å². The summed E-state index contributed by atoms with van der Waals surface area (Å²) in [5.74, 6) is 1.47. The van der Waals surface area contributed by atoms with Crippen molar-refractivity contribution in [2.45, 2.75) is 12.8 Å². The predicted octanol–water partition coefficient (Wildman–Crippen LogP) is 1.89. The number of carbonyl (C=O) groups is 1. The van der Waals surface area contributed by atoms with Gasteiger partial charge in [-0.15, -0.1) is 0 Å². The fourth-order valence-corrected chi connectivity index (χ4v) is 3.35. The Labute approximate surface area is 165 Å². The number of benzene rings is 1. The number of hydrogen-bond donors (Lipinski definition) is 1. The molecule has 1 aliphatic rings. The Kier molecular flexibility index (Phi) is 6.71. The van der Waals surface area contributed by atoms with Crippen molar-refractivity contribution in [2.75, 3.05) is 40.4 Å². The van der Waals surface area contributed by atoms with E-state index >= 15 is 0 Å². The largest absolute Gasteiger partial charge is 0.493 e. The minimum Gasteiger partial charge on any atom is -0.493 e. The number of nitrogens with one attached hydrogen (secondary N) is 1. The first kappa shape index (κ1) is 19.9. The monoisotopic (exact) mass is 384 g/mol. The van der Waals surface area contributed by atoms with Crippen molar-refractivity contribution in [2.24, 2.45) is 7.05 Å². The summed E-state index contributed by atoms with van der Waals surface area (Å²) >= 11 is 0. The summed E-state index contributed by atoms with van der Waals surface area (Å²) in [4.78, 5) is 14.4. The molecule has 0 unspecified atom stereocenters. The summed E-state index contributed by atoms with van der Waals surface area (Å²) in [6.07, 6.45) is 7.80. The molecule has 0 radical (unpaired) electrons. The van der Waals surface area contributed by atoms with Crippen LogP contribution in [0.25, 0.3) is 5.57 Å². The highest BCUT2D eigenvalue weighted by molar-refractivity contribution is 5.78. The number of aryl methyl sites for hydroxylation is 1. The van der Waals surface area contributed by atoms with Crippen LogP contribution in [0.4, 0.5) is 0 Å². The van der Waals surface area contributed by atoms with Gasteiger partial charge in [0.15, 0.2) is 11.5 Å². The molecule has 1 aromatic carbocycles. The summed E-state index contributed by atoms with van der Waals surface area (Å²) in [5, 5.41) is 7.23. The zero-order valence-electron chi connectivity index (χ0n) is 16.8. The zero-order chi connectivity index (χ0) is 19.9. The van der Waals surface area contributed by atoms with E-state index in [-0.39, 0.29) is 5.91 Å². The van der Waals surface area contributed by atoms with Gasteiger partial charge in [0.1, 0.15) is 0 Å². The van der Waals surface area contributed by atoms with Gasteiger partial charge in [-0.05, 0) is 36.1 Å². The number of aromatic nitrogens is 2. The molecule has 0 spiro atoms. The zero-order valence-corrected chi connectivity index (χ0v) is 16.8. The molecule has 28 heavy (non-hydrogen) atoms. The smallest absolute Gasteiger partial charge is 0.234 e. The van der Waals surface area contributed by atoms with E-state index in [0.717, 1.165) is 31.5 Å². The Morgan fingerprint density at radius 1 is 1.25 bits per heavy atom. The Morgan fingerprint density at radius 2 is 2.07 bits per heavy atom. The highest BCUT2D eigenvalue weighted by Crippen LogP contribution is 2.27. The van der Waals surface area contributed by atoms with E-state index in [0.29, 0.717) is 24.6 Å².